The van der Waals surface area contributed by atoms with E-state index >= 15 is 0 Å². The number of aromatic nitrogens is 3. The largest absolute Gasteiger partial charge is 0.301 e. The molecule has 1 fully saturated rings. The van der Waals surface area contributed by atoms with E-state index in [4.69, 9.17) is 12.2 Å². The van der Waals surface area contributed by atoms with E-state index < -0.39 is 0 Å². The number of nitrogens with one attached hydrogen (secondary N) is 1. The minimum Gasteiger partial charge on any atom is -0.301 e. The van der Waals surface area contributed by atoms with Crippen molar-refractivity contribution in [1.29, 1.82) is 0 Å². The van der Waals surface area contributed by atoms with Gasteiger partial charge in [-0.05, 0) is 24.6 Å². The quantitative estimate of drug-likeness (QED) is 0.712. The first-order valence-electron chi connectivity index (χ1n) is 4.39. The summed E-state index contributed by atoms with van der Waals surface area (Å²) in [4.78, 5) is 0. The zero-order chi connectivity index (χ0) is 8.72. The Kier molecular flexibility index (Phi) is 1.79. The average Bonchev–Trinajstić information content (AvgIpc) is 2.62. The Morgan fingerprint density at radius 2 is 2.42 bits per heavy atom. The first-order valence-corrected chi connectivity index (χ1v) is 4.80. The second kappa shape index (κ2) is 2.69. The van der Waals surface area contributed by atoms with Crippen molar-refractivity contribution < 1.29 is 0 Å². The summed E-state index contributed by atoms with van der Waals surface area (Å²) in [6.07, 6.45) is 2.21. The molecule has 1 aromatic rings. The van der Waals surface area contributed by atoms with Gasteiger partial charge < -0.3 is 4.57 Å². The van der Waals surface area contributed by atoms with Crippen molar-refractivity contribution in [3.63, 3.8) is 0 Å². The van der Waals surface area contributed by atoms with Crippen LogP contribution in [0.1, 0.15) is 32.1 Å². The summed E-state index contributed by atoms with van der Waals surface area (Å²) in [7, 11) is 0. The van der Waals surface area contributed by atoms with Crippen LogP contribution in [0.15, 0.2) is 0 Å². The van der Waals surface area contributed by atoms with Crippen LogP contribution in [0.25, 0.3) is 0 Å². The topological polar surface area (TPSA) is 33.6 Å². The molecule has 1 aliphatic carbocycles. The third-order valence-corrected chi connectivity index (χ3v) is 2.78. The summed E-state index contributed by atoms with van der Waals surface area (Å²) in [6, 6.07) is 0.617. The number of H-pyrrole nitrogens is 1. The first-order chi connectivity index (χ1) is 5.74. The number of aromatic amines is 1. The van der Waals surface area contributed by atoms with Gasteiger partial charge in [-0.25, -0.2) is 0 Å². The van der Waals surface area contributed by atoms with Crippen LogP contribution in [0.2, 0.25) is 0 Å². The van der Waals surface area contributed by atoms with Crippen LogP contribution in [-0.2, 0) is 6.42 Å². The van der Waals surface area contributed by atoms with Gasteiger partial charge in [-0.2, -0.15) is 5.10 Å². The van der Waals surface area contributed by atoms with Crippen LogP contribution in [0.4, 0.5) is 0 Å². The fourth-order valence-corrected chi connectivity index (χ4v) is 1.88. The molecule has 1 saturated carbocycles. The smallest absolute Gasteiger partial charge is 0.195 e. The highest BCUT2D eigenvalue weighted by Crippen LogP contribution is 2.43. The fraction of sp³-hybridized carbons (Fsp3) is 0.750. The third kappa shape index (κ3) is 1.10. The summed E-state index contributed by atoms with van der Waals surface area (Å²) >= 11 is 5.15. The minimum absolute atomic E-state index is 0.617. The summed E-state index contributed by atoms with van der Waals surface area (Å²) < 4.78 is 2.95. The number of rotatable bonds is 2. The maximum Gasteiger partial charge on any atom is 0.195 e. The molecule has 0 aromatic carbocycles. The highest BCUT2D eigenvalue weighted by molar-refractivity contribution is 7.71. The van der Waals surface area contributed by atoms with Crippen LogP contribution in [0, 0.1) is 10.7 Å². The standard InChI is InChI=1S/C8H13N3S/c1-3-7-9-10-8(12)11(7)6-4-5(6)2/h5-6H,3-4H2,1-2H3,(H,10,12). The van der Waals surface area contributed by atoms with E-state index in [1.165, 1.54) is 6.42 Å². The molecule has 1 N–H and O–H groups in total. The molecule has 66 valence electrons. The van der Waals surface area contributed by atoms with Gasteiger partial charge in [0.1, 0.15) is 5.82 Å². The van der Waals surface area contributed by atoms with Gasteiger partial charge in [0.25, 0.3) is 0 Å². The molecular formula is C8H13N3S. The number of hydrogen-bond donors (Lipinski definition) is 1. The maximum absolute atomic E-state index is 5.15. The first kappa shape index (κ1) is 7.98. The molecule has 0 saturated heterocycles. The molecule has 12 heavy (non-hydrogen) atoms. The van der Waals surface area contributed by atoms with E-state index in [9.17, 15) is 0 Å². The highest BCUT2D eigenvalue weighted by atomic mass is 32.1. The van der Waals surface area contributed by atoms with Gasteiger partial charge in [0.15, 0.2) is 4.77 Å². The Morgan fingerprint density at radius 3 is 2.92 bits per heavy atom. The van der Waals surface area contributed by atoms with Crippen molar-refractivity contribution in [3.05, 3.63) is 10.6 Å². The van der Waals surface area contributed by atoms with Crippen molar-refractivity contribution in [2.45, 2.75) is 32.7 Å². The molecule has 2 atom stereocenters. The summed E-state index contributed by atoms with van der Waals surface area (Å²) in [5, 5.41) is 7.02. The van der Waals surface area contributed by atoms with E-state index in [1.807, 2.05) is 0 Å². The maximum atomic E-state index is 5.15. The summed E-state index contributed by atoms with van der Waals surface area (Å²) in [6.45, 7) is 4.35. The van der Waals surface area contributed by atoms with Gasteiger partial charge in [-0.1, -0.05) is 13.8 Å². The third-order valence-electron chi connectivity index (χ3n) is 2.49. The molecule has 1 aromatic heterocycles. The van der Waals surface area contributed by atoms with E-state index in [-0.39, 0.29) is 0 Å². The molecule has 3 nitrogen and oxygen atoms in total. The van der Waals surface area contributed by atoms with Crippen LogP contribution in [-0.4, -0.2) is 14.8 Å². The zero-order valence-electron chi connectivity index (χ0n) is 7.37. The van der Waals surface area contributed by atoms with Crippen LogP contribution in [0.5, 0.6) is 0 Å². The van der Waals surface area contributed by atoms with E-state index in [0.29, 0.717) is 6.04 Å². The van der Waals surface area contributed by atoms with Crippen LogP contribution in [0.3, 0.4) is 0 Å². The second-order valence-electron chi connectivity index (χ2n) is 3.45. The van der Waals surface area contributed by atoms with E-state index in [1.54, 1.807) is 0 Å². The molecular weight excluding hydrogens is 170 g/mol. The molecule has 2 unspecified atom stereocenters. The molecule has 1 aliphatic rings. The van der Waals surface area contributed by atoms with Gasteiger partial charge in [0, 0.05) is 12.5 Å². The van der Waals surface area contributed by atoms with Gasteiger partial charge in [-0.3, -0.25) is 5.10 Å². The SMILES string of the molecule is CCc1n[nH]c(=S)n1C1CC1C. The van der Waals surface area contributed by atoms with Crippen molar-refractivity contribution in [1.82, 2.24) is 14.8 Å². The average molecular weight is 183 g/mol. The van der Waals surface area contributed by atoms with Crippen molar-refractivity contribution in [3.8, 4) is 0 Å². The molecule has 0 bridgehead atoms. The van der Waals surface area contributed by atoms with E-state index in [2.05, 4.69) is 28.6 Å². The Morgan fingerprint density at radius 1 is 1.75 bits per heavy atom. The molecule has 0 radical (unpaired) electrons. The van der Waals surface area contributed by atoms with Crippen molar-refractivity contribution >= 4 is 12.2 Å². The van der Waals surface area contributed by atoms with E-state index in [0.717, 1.165) is 22.9 Å². The second-order valence-corrected chi connectivity index (χ2v) is 3.84. The molecule has 2 rings (SSSR count). The summed E-state index contributed by atoms with van der Waals surface area (Å²) in [5.74, 6) is 1.87. The van der Waals surface area contributed by atoms with Gasteiger partial charge >= 0.3 is 0 Å². The Labute approximate surface area is 76.8 Å². The monoisotopic (exact) mass is 183 g/mol. The number of aryl methyl sites for hydroxylation is 1. The van der Waals surface area contributed by atoms with Crippen molar-refractivity contribution in [2.75, 3.05) is 0 Å². The van der Waals surface area contributed by atoms with Crippen molar-refractivity contribution in [2.24, 2.45) is 5.92 Å². The normalized spacial score (nSPS) is 27.5. The molecule has 0 amide bonds. The zero-order valence-corrected chi connectivity index (χ0v) is 8.19. The lowest BCUT2D eigenvalue weighted by atomic mass is 10.4. The highest BCUT2D eigenvalue weighted by Gasteiger charge is 2.36. The van der Waals surface area contributed by atoms with Crippen LogP contribution < -0.4 is 0 Å². The molecule has 4 heteroatoms. The van der Waals surface area contributed by atoms with Gasteiger partial charge in [0.2, 0.25) is 0 Å². The minimum atomic E-state index is 0.617. The molecule has 1 heterocycles. The lowest BCUT2D eigenvalue weighted by Crippen LogP contribution is -2.01. The molecule has 0 aliphatic heterocycles. The number of nitrogens with zero attached hydrogens (tertiary/aromatic N) is 2. The van der Waals surface area contributed by atoms with Gasteiger partial charge in [0.05, 0.1) is 0 Å². The van der Waals surface area contributed by atoms with Gasteiger partial charge in [-0.15, -0.1) is 0 Å². The predicted octanol–water partition coefficient (Wildman–Crippen LogP) is 2.08. The lowest BCUT2D eigenvalue weighted by Gasteiger charge is -2.01. The Bertz CT molecular complexity index is 338. The number of hydrogen-bond acceptors (Lipinski definition) is 2. The van der Waals surface area contributed by atoms with Crippen LogP contribution >= 0.6 is 12.2 Å². The fourth-order valence-electron chi connectivity index (χ4n) is 1.59. The predicted molar refractivity (Wildman–Crippen MR) is 49.6 cm³/mol. The Balaban J connectivity index is 2.40. The Hall–Kier alpha value is -0.640. The summed E-state index contributed by atoms with van der Waals surface area (Å²) in [5.41, 5.74) is 0. The molecule has 0 spiro atoms. The lowest BCUT2D eigenvalue weighted by molar-refractivity contribution is 0.639.